The highest BCUT2D eigenvalue weighted by Crippen LogP contribution is 2.22. The van der Waals surface area contributed by atoms with E-state index in [1.807, 2.05) is 0 Å². The number of aliphatic hydroxyl groups is 1. The number of H-pyrrole nitrogens is 1. The highest BCUT2D eigenvalue weighted by Gasteiger charge is 2.30. The number of aliphatic hydroxyl groups excluding tert-OH is 1. The third-order valence-corrected chi connectivity index (χ3v) is 3.10. The molecule has 0 saturated heterocycles. The molecule has 17 heavy (non-hydrogen) atoms. The highest BCUT2D eigenvalue weighted by molar-refractivity contribution is 5.79. The maximum atomic E-state index is 12.0. The summed E-state index contributed by atoms with van der Waals surface area (Å²) >= 11 is 0. The zero-order valence-electron chi connectivity index (χ0n) is 10.2. The lowest BCUT2D eigenvalue weighted by molar-refractivity contribution is -0.127. The van der Waals surface area contributed by atoms with E-state index < -0.39 is 5.54 Å². The quantitative estimate of drug-likeness (QED) is 0.680. The molecule has 1 aliphatic rings. The second-order valence-corrected chi connectivity index (χ2v) is 5.19. The van der Waals surface area contributed by atoms with Crippen LogP contribution in [0.5, 0.6) is 0 Å². The van der Waals surface area contributed by atoms with Gasteiger partial charge in [0.25, 0.3) is 0 Å². The smallest absolute Gasteiger partial charge is 0.224 e. The van der Waals surface area contributed by atoms with Crippen LogP contribution >= 0.6 is 0 Å². The van der Waals surface area contributed by atoms with Gasteiger partial charge >= 0.3 is 0 Å². The van der Waals surface area contributed by atoms with Crippen molar-refractivity contribution in [3.05, 3.63) is 11.4 Å². The third kappa shape index (κ3) is 2.63. The van der Waals surface area contributed by atoms with E-state index in [4.69, 9.17) is 5.11 Å². The van der Waals surface area contributed by atoms with Gasteiger partial charge in [-0.2, -0.15) is 15.4 Å². The van der Waals surface area contributed by atoms with Crippen molar-refractivity contribution in [2.75, 3.05) is 6.61 Å². The van der Waals surface area contributed by atoms with Crippen molar-refractivity contribution in [2.24, 2.45) is 5.92 Å². The Kier molecular flexibility index (Phi) is 3.15. The molecular formula is C11H18N4O2. The molecule has 1 amide bonds. The number of nitrogens with zero attached hydrogens (tertiary/aromatic N) is 2. The van der Waals surface area contributed by atoms with Crippen LogP contribution in [0.3, 0.4) is 0 Å². The van der Waals surface area contributed by atoms with Crippen LogP contribution in [0.15, 0.2) is 0 Å². The number of hydrogen-bond donors (Lipinski definition) is 3. The second kappa shape index (κ2) is 4.44. The fourth-order valence-electron chi connectivity index (χ4n) is 1.98. The van der Waals surface area contributed by atoms with E-state index in [1.165, 1.54) is 0 Å². The first kappa shape index (κ1) is 12.0. The van der Waals surface area contributed by atoms with Gasteiger partial charge in [-0.3, -0.25) is 4.79 Å². The summed E-state index contributed by atoms with van der Waals surface area (Å²) < 4.78 is 0. The molecule has 94 valence electrons. The maximum Gasteiger partial charge on any atom is 0.224 e. The Hall–Kier alpha value is -1.43. The number of nitrogens with one attached hydrogen (secondary N) is 2. The summed E-state index contributed by atoms with van der Waals surface area (Å²) in [6.45, 7) is 3.53. The molecule has 0 radical (unpaired) electrons. The first-order valence-electron chi connectivity index (χ1n) is 5.83. The molecule has 1 unspecified atom stereocenters. The Morgan fingerprint density at radius 1 is 1.53 bits per heavy atom. The standard InChI is InChI=1S/C11H18N4O2/c1-11(2,6-16)12-10(17)7-3-4-8-9(5-7)14-15-13-8/h7,16H,3-6H2,1-2H3,(H,12,17)(H,13,14,15). The van der Waals surface area contributed by atoms with Crippen molar-refractivity contribution < 1.29 is 9.90 Å². The molecule has 0 aliphatic heterocycles. The van der Waals surface area contributed by atoms with E-state index in [2.05, 4.69) is 20.7 Å². The van der Waals surface area contributed by atoms with Crippen molar-refractivity contribution in [3.63, 3.8) is 0 Å². The van der Waals surface area contributed by atoms with Crippen molar-refractivity contribution in [1.82, 2.24) is 20.7 Å². The minimum atomic E-state index is -0.568. The molecule has 0 aromatic carbocycles. The molecule has 0 fully saturated rings. The van der Waals surface area contributed by atoms with Crippen molar-refractivity contribution in [3.8, 4) is 0 Å². The average Bonchev–Trinajstić information content (AvgIpc) is 2.75. The Bertz CT molecular complexity index is 413. The number of aromatic nitrogens is 3. The number of fused-ring (bicyclic) bond motifs is 1. The van der Waals surface area contributed by atoms with Crippen LogP contribution in [0.4, 0.5) is 0 Å². The van der Waals surface area contributed by atoms with E-state index in [-0.39, 0.29) is 18.4 Å². The molecule has 2 rings (SSSR count). The lowest BCUT2D eigenvalue weighted by Gasteiger charge is -2.27. The summed E-state index contributed by atoms with van der Waals surface area (Å²) in [6.07, 6.45) is 2.19. The topological polar surface area (TPSA) is 90.9 Å². The monoisotopic (exact) mass is 238 g/mol. The van der Waals surface area contributed by atoms with E-state index in [9.17, 15) is 4.79 Å². The van der Waals surface area contributed by atoms with Gasteiger partial charge in [0.2, 0.25) is 5.91 Å². The Balaban J connectivity index is 1.99. The number of aromatic amines is 1. The molecule has 6 heteroatoms. The molecule has 1 aromatic rings. The van der Waals surface area contributed by atoms with Gasteiger partial charge < -0.3 is 10.4 Å². The van der Waals surface area contributed by atoms with E-state index in [0.29, 0.717) is 6.42 Å². The maximum absolute atomic E-state index is 12.0. The average molecular weight is 238 g/mol. The molecule has 1 aliphatic carbocycles. The third-order valence-electron chi connectivity index (χ3n) is 3.10. The van der Waals surface area contributed by atoms with Crippen LogP contribution in [0, 0.1) is 5.92 Å². The lowest BCUT2D eigenvalue weighted by atomic mass is 9.88. The van der Waals surface area contributed by atoms with Crippen molar-refractivity contribution in [2.45, 2.75) is 38.6 Å². The number of amides is 1. The number of carbonyl (C=O) groups excluding carboxylic acids is 1. The minimum Gasteiger partial charge on any atom is -0.394 e. The van der Waals surface area contributed by atoms with Gasteiger partial charge in [-0.25, -0.2) is 0 Å². The summed E-state index contributed by atoms with van der Waals surface area (Å²) in [5.74, 6) is -0.0869. The first-order valence-corrected chi connectivity index (χ1v) is 5.83. The summed E-state index contributed by atoms with van der Waals surface area (Å²) in [6, 6.07) is 0. The fourth-order valence-corrected chi connectivity index (χ4v) is 1.98. The van der Waals surface area contributed by atoms with Gasteiger partial charge in [0.05, 0.1) is 23.5 Å². The summed E-state index contributed by atoms with van der Waals surface area (Å²) in [5, 5.41) is 22.6. The number of carbonyl (C=O) groups is 1. The van der Waals surface area contributed by atoms with Crippen LogP contribution in [0.25, 0.3) is 0 Å². The van der Waals surface area contributed by atoms with Gasteiger partial charge in [-0.15, -0.1) is 0 Å². The van der Waals surface area contributed by atoms with E-state index in [0.717, 1.165) is 24.2 Å². The van der Waals surface area contributed by atoms with Gasteiger partial charge in [0, 0.05) is 12.3 Å². The zero-order valence-corrected chi connectivity index (χ0v) is 10.2. The second-order valence-electron chi connectivity index (χ2n) is 5.19. The first-order chi connectivity index (χ1) is 8.02. The van der Waals surface area contributed by atoms with Gasteiger partial charge in [0.1, 0.15) is 0 Å². The van der Waals surface area contributed by atoms with Gasteiger partial charge in [0.15, 0.2) is 0 Å². The fraction of sp³-hybridized carbons (Fsp3) is 0.727. The van der Waals surface area contributed by atoms with Gasteiger partial charge in [-0.1, -0.05) is 0 Å². The molecule has 6 nitrogen and oxygen atoms in total. The van der Waals surface area contributed by atoms with Crippen LogP contribution < -0.4 is 5.32 Å². The van der Waals surface area contributed by atoms with Crippen LogP contribution in [-0.2, 0) is 17.6 Å². The molecule has 3 N–H and O–H groups in total. The zero-order chi connectivity index (χ0) is 12.5. The van der Waals surface area contributed by atoms with Crippen LogP contribution in [0.1, 0.15) is 31.7 Å². The Labute approximate surface area is 99.8 Å². The summed E-state index contributed by atoms with van der Waals surface area (Å²) in [7, 11) is 0. The largest absolute Gasteiger partial charge is 0.394 e. The van der Waals surface area contributed by atoms with Crippen molar-refractivity contribution in [1.29, 1.82) is 0 Å². The summed E-state index contributed by atoms with van der Waals surface area (Å²) in [5.41, 5.74) is 1.29. The van der Waals surface area contributed by atoms with E-state index in [1.54, 1.807) is 13.8 Å². The van der Waals surface area contributed by atoms with Crippen LogP contribution in [0.2, 0.25) is 0 Å². The Morgan fingerprint density at radius 2 is 2.24 bits per heavy atom. The Morgan fingerprint density at radius 3 is 2.94 bits per heavy atom. The minimum absolute atomic E-state index is 0.0160. The molecule has 1 heterocycles. The van der Waals surface area contributed by atoms with Gasteiger partial charge in [-0.05, 0) is 26.7 Å². The highest BCUT2D eigenvalue weighted by atomic mass is 16.3. The predicted molar refractivity (Wildman–Crippen MR) is 61.2 cm³/mol. The molecule has 0 spiro atoms. The van der Waals surface area contributed by atoms with E-state index >= 15 is 0 Å². The SMILES string of the molecule is CC(C)(CO)NC(=O)C1CCc2n[nH]nc2C1. The van der Waals surface area contributed by atoms with Crippen molar-refractivity contribution >= 4 is 5.91 Å². The molecular weight excluding hydrogens is 220 g/mol. The molecule has 0 saturated carbocycles. The number of aryl methyl sites for hydroxylation is 1. The number of rotatable bonds is 3. The lowest BCUT2D eigenvalue weighted by Crippen LogP contribution is -2.49. The van der Waals surface area contributed by atoms with Crippen LogP contribution in [-0.4, -0.2) is 38.6 Å². The molecule has 0 bridgehead atoms. The predicted octanol–water partition coefficient (Wildman–Crippen LogP) is -0.203. The molecule has 1 aromatic heterocycles. The summed E-state index contributed by atoms with van der Waals surface area (Å²) in [4.78, 5) is 12.0. The normalized spacial score (nSPS) is 19.8. The molecule has 1 atom stereocenters. The number of hydrogen-bond acceptors (Lipinski definition) is 4.